The molecule has 0 aromatic heterocycles. The van der Waals surface area contributed by atoms with Gasteiger partial charge >= 0.3 is 0 Å². The minimum absolute atomic E-state index is 0.315. The lowest BCUT2D eigenvalue weighted by Crippen LogP contribution is -2.09. The summed E-state index contributed by atoms with van der Waals surface area (Å²) in [5.74, 6) is 0.315. The van der Waals surface area contributed by atoms with Crippen LogP contribution in [0, 0.1) is 18.8 Å². The molecule has 0 aliphatic rings. The lowest BCUT2D eigenvalue weighted by molar-refractivity contribution is 0.341. The predicted molar refractivity (Wildman–Crippen MR) is 54.8 cm³/mol. The first-order chi connectivity index (χ1) is 6.54. The van der Waals surface area contributed by atoms with Crippen LogP contribution in [-0.2, 0) is 6.54 Å². The third-order valence-electron chi connectivity index (χ3n) is 2.10. The molecule has 1 rings (SSSR count). The van der Waals surface area contributed by atoms with E-state index < -0.39 is 0 Å². The second-order valence-electron chi connectivity index (χ2n) is 3.48. The molecule has 0 aliphatic carbocycles. The molecule has 0 fully saturated rings. The van der Waals surface area contributed by atoms with Crippen molar-refractivity contribution in [2.45, 2.75) is 20.4 Å². The van der Waals surface area contributed by atoms with Crippen molar-refractivity contribution >= 4 is 0 Å². The van der Waals surface area contributed by atoms with Crippen molar-refractivity contribution in [3.63, 3.8) is 0 Å². The zero-order chi connectivity index (χ0) is 10.7. The highest BCUT2D eigenvalue weighted by Gasteiger charge is 2.04. The van der Waals surface area contributed by atoms with Crippen LogP contribution < -0.4 is 0 Å². The first-order valence-corrected chi connectivity index (χ1v) is 4.38. The molecule has 0 radical (unpaired) electrons. The van der Waals surface area contributed by atoms with Crippen LogP contribution in [-0.4, -0.2) is 17.2 Å². The Hall–Kier alpha value is -1.58. The average molecular weight is 194 g/mol. The van der Waals surface area contributed by atoms with Crippen LogP contribution in [0.15, 0.2) is 17.4 Å². The fourth-order valence-corrected chi connectivity index (χ4v) is 1.43. The number of phenolic OH excluding ortho intramolecular Hbond substituents is 1. The van der Waals surface area contributed by atoms with Gasteiger partial charge in [0.05, 0.1) is 11.8 Å². The monoisotopic (exact) mass is 194 g/mol. The van der Waals surface area contributed by atoms with Gasteiger partial charge < -0.3 is 5.11 Å². The van der Waals surface area contributed by atoms with Gasteiger partial charge in [0.15, 0.2) is 0 Å². The van der Waals surface area contributed by atoms with Crippen molar-refractivity contribution < 1.29 is 5.11 Å². The standard InChI is InChI=1S/C10H14N2O2/c1-7-4-9(6-12(3)11-14)5-8(2)10(7)13/h4-5,13H,6H2,1-3H3. The molecule has 76 valence electrons. The SMILES string of the molecule is Cc1cc(CN(C)N=O)cc(C)c1O. The van der Waals surface area contributed by atoms with Gasteiger partial charge in [0.25, 0.3) is 0 Å². The molecule has 14 heavy (non-hydrogen) atoms. The molecule has 4 heteroatoms. The van der Waals surface area contributed by atoms with E-state index in [0.717, 1.165) is 16.7 Å². The largest absolute Gasteiger partial charge is 0.507 e. The average Bonchev–Trinajstić information content (AvgIpc) is 2.14. The van der Waals surface area contributed by atoms with Crippen LogP contribution in [0.5, 0.6) is 5.75 Å². The molecule has 0 atom stereocenters. The topological polar surface area (TPSA) is 52.9 Å². The van der Waals surface area contributed by atoms with E-state index in [1.54, 1.807) is 7.05 Å². The van der Waals surface area contributed by atoms with E-state index in [4.69, 9.17) is 0 Å². The van der Waals surface area contributed by atoms with Gasteiger partial charge in [-0.15, -0.1) is 4.91 Å². The van der Waals surface area contributed by atoms with Crippen molar-refractivity contribution in [1.29, 1.82) is 0 Å². The lowest BCUT2D eigenvalue weighted by atomic mass is 10.1. The summed E-state index contributed by atoms with van der Waals surface area (Å²) in [5, 5.41) is 13.6. The Balaban J connectivity index is 2.95. The Kier molecular flexibility index (Phi) is 3.06. The highest BCUT2D eigenvalue weighted by Crippen LogP contribution is 2.23. The Bertz CT molecular complexity index is 327. The van der Waals surface area contributed by atoms with E-state index in [0.29, 0.717) is 12.3 Å². The van der Waals surface area contributed by atoms with Gasteiger partial charge in [-0.05, 0) is 30.5 Å². The van der Waals surface area contributed by atoms with Crippen molar-refractivity contribution in [3.8, 4) is 5.75 Å². The summed E-state index contributed by atoms with van der Waals surface area (Å²) < 4.78 is 0. The van der Waals surface area contributed by atoms with Crippen LogP contribution >= 0.6 is 0 Å². The molecule has 1 N–H and O–H groups in total. The van der Waals surface area contributed by atoms with Gasteiger partial charge in [0, 0.05) is 7.05 Å². The van der Waals surface area contributed by atoms with Crippen LogP contribution in [0.3, 0.4) is 0 Å². The van der Waals surface area contributed by atoms with Gasteiger partial charge in [-0.2, -0.15) is 0 Å². The summed E-state index contributed by atoms with van der Waals surface area (Å²) in [6.45, 7) is 4.13. The number of aryl methyl sites for hydroxylation is 2. The highest BCUT2D eigenvalue weighted by atomic mass is 16.3. The summed E-state index contributed by atoms with van der Waals surface area (Å²) in [4.78, 5) is 10.2. The van der Waals surface area contributed by atoms with Crippen molar-refractivity contribution in [1.82, 2.24) is 5.01 Å². The number of aromatic hydroxyl groups is 1. The zero-order valence-corrected chi connectivity index (χ0v) is 8.61. The molecule has 1 aromatic rings. The second-order valence-corrected chi connectivity index (χ2v) is 3.48. The summed E-state index contributed by atoms with van der Waals surface area (Å²) in [6.07, 6.45) is 0. The number of phenols is 1. The van der Waals surface area contributed by atoms with Crippen molar-refractivity contribution in [2.24, 2.45) is 5.29 Å². The number of benzene rings is 1. The Labute approximate surface area is 83.1 Å². The summed E-state index contributed by atoms with van der Waals surface area (Å²) >= 11 is 0. The number of hydrogen-bond acceptors (Lipinski definition) is 3. The van der Waals surface area contributed by atoms with E-state index in [1.807, 2.05) is 26.0 Å². The third kappa shape index (κ3) is 2.22. The van der Waals surface area contributed by atoms with Crippen molar-refractivity contribution in [3.05, 3.63) is 33.7 Å². The Morgan fingerprint density at radius 3 is 2.29 bits per heavy atom. The summed E-state index contributed by atoms with van der Waals surface area (Å²) in [5.41, 5.74) is 2.61. The number of hydrogen-bond donors (Lipinski definition) is 1. The molecular weight excluding hydrogens is 180 g/mol. The Morgan fingerprint density at radius 2 is 1.86 bits per heavy atom. The Morgan fingerprint density at radius 1 is 1.36 bits per heavy atom. The lowest BCUT2D eigenvalue weighted by Gasteiger charge is -2.11. The first kappa shape index (κ1) is 10.5. The molecule has 0 unspecified atom stereocenters. The smallest absolute Gasteiger partial charge is 0.121 e. The molecule has 0 amide bonds. The number of rotatable bonds is 3. The van der Waals surface area contributed by atoms with E-state index in [9.17, 15) is 10.0 Å². The van der Waals surface area contributed by atoms with Crippen molar-refractivity contribution in [2.75, 3.05) is 7.05 Å². The summed E-state index contributed by atoms with van der Waals surface area (Å²) in [7, 11) is 1.62. The quantitative estimate of drug-likeness (QED) is 0.592. The summed E-state index contributed by atoms with van der Waals surface area (Å²) in [6, 6.07) is 3.70. The van der Waals surface area contributed by atoms with Crippen LogP contribution in [0.1, 0.15) is 16.7 Å². The van der Waals surface area contributed by atoms with Crippen LogP contribution in [0.25, 0.3) is 0 Å². The third-order valence-corrected chi connectivity index (χ3v) is 2.10. The highest BCUT2D eigenvalue weighted by molar-refractivity contribution is 5.42. The fourth-order valence-electron chi connectivity index (χ4n) is 1.43. The molecule has 0 saturated carbocycles. The maximum Gasteiger partial charge on any atom is 0.121 e. The normalized spacial score (nSPS) is 9.93. The second kappa shape index (κ2) is 4.09. The van der Waals surface area contributed by atoms with Crippen LogP contribution in [0.4, 0.5) is 0 Å². The van der Waals surface area contributed by atoms with Gasteiger partial charge in [-0.1, -0.05) is 12.1 Å². The molecule has 0 spiro atoms. The van der Waals surface area contributed by atoms with Gasteiger partial charge in [-0.3, -0.25) is 5.01 Å². The van der Waals surface area contributed by atoms with E-state index in [1.165, 1.54) is 5.01 Å². The molecule has 4 nitrogen and oxygen atoms in total. The minimum Gasteiger partial charge on any atom is -0.507 e. The predicted octanol–water partition coefficient (Wildman–Crippen LogP) is 2.12. The van der Waals surface area contributed by atoms with Gasteiger partial charge in [-0.25, -0.2) is 0 Å². The maximum atomic E-state index is 10.2. The minimum atomic E-state index is 0.315. The number of nitrogens with zero attached hydrogens (tertiary/aromatic N) is 2. The molecule has 1 aromatic carbocycles. The molecule has 0 aliphatic heterocycles. The zero-order valence-electron chi connectivity index (χ0n) is 8.61. The number of nitroso groups, excluding NO2 is 1. The van der Waals surface area contributed by atoms with Crippen LogP contribution in [0.2, 0.25) is 0 Å². The fraction of sp³-hybridized carbons (Fsp3) is 0.400. The van der Waals surface area contributed by atoms with E-state index in [-0.39, 0.29) is 0 Å². The molecule has 0 bridgehead atoms. The molecular formula is C10H14N2O2. The van der Waals surface area contributed by atoms with Gasteiger partial charge in [0.1, 0.15) is 5.75 Å². The molecule has 0 saturated heterocycles. The maximum absolute atomic E-state index is 10.2. The van der Waals surface area contributed by atoms with Gasteiger partial charge in [0.2, 0.25) is 0 Å². The van der Waals surface area contributed by atoms with E-state index in [2.05, 4.69) is 5.29 Å². The first-order valence-electron chi connectivity index (χ1n) is 4.38. The molecule has 0 heterocycles. The van der Waals surface area contributed by atoms with E-state index >= 15 is 0 Å².